The van der Waals surface area contributed by atoms with E-state index in [4.69, 9.17) is 18.9 Å². The molecule has 0 aliphatic carbocycles. The molecule has 6 nitrogen and oxygen atoms in total. The van der Waals surface area contributed by atoms with Crippen molar-refractivity contribution in [2.24, 2.45) is 0 Å². The second-order valence-corrected chi connectivity index (χ2v) is 9.15. The van der Waals surface area contributed by atoms with Gasteiger partial charge in [0.2, 0.25) is 0 Å². The molecule has 4 fully saturated rings. The summed E-state index contributed by atoms with van der Waals surface area (Å²) < 4.78 is 21.9. The van der Waals surface area contributed by atoms with Crippen LogP contribution in [0.3, 0.4) is 0 Å². The first-order valence-electron chi connectivity index (χ1n) is 11.4. The van der Waals surface area contributed by atoms with Gasteiger partial charge < -0.3 is 28.7 Å². The Hall–Kier alpha value is -2.12. The Bertz CT molecular complexity index is 804. The van der Waals surface area contributed by atoms with Crippen molar-refractivity contribution in [3.05, 3.63) is 59.7 Å². The minimum Gasteiger partial charge on any atom is -0.371 e. The predicted octanol–water partition coefficient (Wildman–Crippen LogP) is 2.49. The van der Waals surface area contributed by atoms with Crippen molar-refractivity contribution in [3.8, 4) is 0 Å². The molecule has 0 saturated carbocycles. The van der Waals surface area contributed by atoms with Crippen LogP contribution in [0.15, 0.2) is 48.5 Å². The zero-order valence-corrected chi connectivity index (χ0v) is 17.8. The third-order valence-corrected chi connectivity index (χ3v) is 6.27. The van der Waals surface area contributed by atoms with Gasteiger partial charge in [-0.3, -0.25) is 0 Å². The summed E-state index contributed by atoms with van der Waals surface area (Å²) >= 11 is 0. The fourth-order valence-electron chi connectivity index (χ4n) is 4.21. The number of epoxide rings is 4. The molecule has 4 saturated heterocycles. The third-order valence-electron chi connectivity index (χ3n) is 6.27. The number of ether oxygens (including phenoxy) is 4. The second kappa shape index (κ2) is 8.43. The van der Waals surface area contributed by atoms with Gasteiger partial charge in [-0.15, -0.1) is 0 Å². The Kier molecular flexibility index (Phi) is 5.32. The highest BCUT2D eigenvalue weighted by Gasteiger charge is 2.32. The SMILES string of the molecule is c1cc(Cc2cccc(N(CC3CO3)CC3CO3)c2)cc(N(CC2CO2)CC2CO2)c1. The quantitative estimate of drug-likeness (QED) is 0.490. The number of benzene rings is 2. The van der Waals surface area contributed by atoms with E-state index >= 15 is 0 Å². The van der Waals surface area contributed by atoms with E-state index in [2.05, 4.69) is 58.3 Å². The molecule has 6 rings (SSSR count). The number of rotatable bonds is 12. The van der Waals surface area contributed by atoms with Crippen LogP contribution in [0, 0.1) is 0 Å². The van der Waals surface area contributed by atoms with Crippen molar-refractivity contribution in [1.29, 1.82) is 0 Å². The largest absolute Gasteiger partial charge is 0.371 e. The van der Waals surface area contributed by atoms with Gasteiger partial charge in [0.25, 0.3) is 0 Å². The van der Waals surface area contributed by atoms with Gasteiger partial charge in [-0.1, -0.05) is 24.3 Å². The van der Waals surface area contributed by atoms with E-state index in [1.807, 2.05) is 0 Å². The average molecular weight is 423 g/mol. The summed E-state index contributed by atoms with van der Waals surface area (Å²) in [4.78, 5) is 4.84. The summed E-state index contributed by atoms with van der Waals surface area (Å²) in [6.45, 7) is 7.29. The van der Waals surface area contributed by atoms with Crippen molar-refractivity contribution in [1.82, 2.24) is 0 Å². The van der Waals surface area contributed by atoms with Crippen molar-refractivity contribution in [3.63, 3.8) is 0 Å². The number of nitrogens with zero attached hydrogens (tertiary/aromatic N) is 2. The average Bonchev–Trinajstić information content (AvgIpc) is 3.62. The molecule has 4 aliphatic rings. The van der Waals surface area contributed by atoms with Gasteiger partial charge in [0.1, 0.15) is 0 Å². The highest BCUT2D eigenvalue weighted by Crippen LogP contribution is 2.27. The molecule has 0 aromatic heterocycles. The summed E-state index contributed by atoms with van der Waals surface area (Å²) in [5, 5.41) is 0. The molecule has 2 aromatic carbocycles. The van der Waals surface area contributed by atoms with Gasteiger partial charge >= 0.3 is 0 Å². The van der Waals surface area contributed by atoms with E-state index in [-0.39, 0.29) is 0 Å². The summed E-state index contributed by atoms with van der Waals surface area (Å²) in [6.07, 6.45) is 2.40. The molecule has 6 heteroatoms. The molecule has 31 heavy (non-hydrogen) atoms. The maximum Gasteiger partial charge on any atom is 0.0984 e. The van der Waals surface area contributed by atoms with Crippen LogP contribution in [0.25, 0.3) is 0 Å². The van der Waals surface area contributed by atoms with Crippen molar-refractivity contribution in [2.75, 3.05) is 62.4 Å². The summed E-state index contributed by atoms with van der Waals surface area (Å²) in [5.74, 6) is 0. The number of hydrogen-bond donors (Lipinski definition) is 0. The highest BCUT2D eigenvalue weighted by atomic mass is 16.6. The molecule has 0 amide bonds. The van der Waals surface area contributed by atoms with Crippen LogP contribution >= 0.6 is 0 Å². The Morgan fingerprint density at radius 1 is 0.581 bits per heavy atom. The highest BCUT2D eigenvalue weighted by molar-refractivity contribution is 5.53. The van der Waals surface area contributed by atoms with Gasteiger partial charge in [-0.05, 0) is 41.8 Å². The van der Waals surface area contributed by atoms with Gasteiger partial charge in [0, 0.05) is 37.6 Å². The fraction of sp³-hybridized carbons (Fsp3) is 0.520. The molecule has 4 atom stereocenters. The molecule has 0 N–H and O–H groups in total. The first kappa shape index (κ1) is 19.6. The molecule has 4 heterocycles. The summed E-state index contributed by atoms with van der Waals surface area (Å²) in [7, 11) is 0. The van der Waals surface area contributed by atoms with Crippen LogP contribution in [0.4, 0.5) is 11.4 Å². The zero-order chi connectivity index (χ0) is 20.6. The Labute approximate surface area is 183 Å². The maximum absolute atomic E-state index is 5.48. The fourth-order valence-corrected chi connectivity index (χ4v) is 4.21. The topological polar surface area (TPSA) is 56.6 Å². The lowest BCUT2D eigenvalue weighted by molar-refractivity contribution is 0.388. The van der Waals surface area contributed by atoms with Crippen LogP contribution in [0.5, 0.6) is 0 Å². The first-order valence-corrected chi connectivity index (χ1v) is 11.4. The Balaban J connectivity index is 1.17. The standard InChI is InChI=1S/C25H30N2O4/c1-3-18(8-20(5-1)26(10-22-14-28-22)11-23-15-29-23)7-19-4-2-6-21(9-19)27(12-24-16-30-24)13-25-17-31-25/h1-6,8-9,22-25H,7,10-17H2. The maximum atomic E-state index is 5.48. The van der Waals surface area contributed by atoms with Gasteiger partial charge in [-0.25, -0.2) is 0 Å². The van der Waals surface area contributed by atoms with Crippen LogP contribution < -0.4 is 9.80 Å². The van der Waals surface area contributed by atoms with Crippen LogP contribution in [-0.2, 0) is 25.4 Å². The van der Waals surface area contributed by atoms with Gasteiger partial charge in [0.15, 0.2) is 0 Å². The normalized spacial score (nSPS) is 27.6. The molecule has 0 bridgehead atoms. The van der Waals surface area contributed by atoms with Crippen molar-refractivity contribution >= 4 is 11.4 Å². The lowest BCUT2D eigenvalue weighted by Crippen LogP contribution is -2.31. The number of anilines is 2. The van der Waals surface area contributed by atoms with Crippen LogP contribution in [-0.4, -0.2) is 77.0 Å². The van der Waals surface area contributed by atoms with E-state index in [1.165, 1.54) is 22.5 Å². The van der Waals surface area contributed by atoms with Crippen molar-refractivity contribution in [2.45, 2.75) is 30.8 Å². The van der Waals surface area contributed by atoms with E-state index in [9.17, 15) is 0 Å². The second-order valence-electron chi connectivity index (χ2n) is 9.15. The summed E-state index contributed by atoms with van der Waals surface area (Å²) in [5.41, 5.74) is 5.18. The molecule has 4 unspecified atom stereocenters. The van der Waals surface area contributed by atoms with E-state index in [1.54, 1.807) is 0 Å². The molecular formula is C25H30N2O4. The molecule has 2 aromatic rings. The summed E-state index contributed by atoms with van der Waals surface area (Å²) in [6, 6.07) is 17.9. The van der Waals surface area contributed by atoms with Crippen LogP contribution in [0.2, 0.25) is 0 Å². The lowest BCUT2D eigenvalue weighted by Gasteiger charge is -2.24. The minimum absolute atomic E-state index is 0.371. The monoisotopic (exact) mass is 422 g/mol. The smallest absolute Gasteiger partial charge is 0.0984 e. The van der Waals surface area contributed by atoms with E-state index in [0.717, 1.165) is 59.0 Å². The van der Waals surface area contributed by atoms with Crippen molar-refractivity contribution < 1.29 is 18.9 Å². The number of hydrogen-bond acceptors (Lipinski definition) is 6. The Morgan fingerprint density at radius 3 is 1.26 bits per heavy atom. The van der Waals surface area contributed by atoms with Gasteiger partial charge in [-0.2, -0.15) is 0 Å². The Morgan fingerprint density at radius 2 is 0.935 bits per heavy atom. The van der Waals surface area contributed by atoms with Gasteiger partial charge in [0.05, 0.1) is 50.8 Å². The first-order chi connectivity index (χ1) is 15.3. The third kappa shape index (κ3) is 5.57. The molecule has 0 radical (unpaired) electrons. The molecule has 4 aliphatic heterocycles. The molecule has 0 spiro atoms. The predicted molar refractivity (Wildman–Crippen MR) is 119 cm³/mol. The zero-order valence-electron chi connectivity index (χ0n) is 17.8. The van der Waals surface area contributed by atoms with E-state index in [0.29, 0.717) is 24.4 Å². The van der Waals surface area contributed by atoms with Crippen LogP contribution in [0.1, 0.15) is 11.1 Å². The minimum atomic E-state index is 0.371. The van der Waals surface area contributed by atoms with E-state index < -0.39 is 0 Å². The molecule has 164 valence electrons. The lowest BCUT2D eigenvalue weighted by atomic mass is 10.0. The molecular weight excluding hydrogens is 392 g/mol.